The zero-order valence-corrected chi connectivity index (χ0v) is 7.89. The van der Waals surface area contributed by atoms with Gasteiger partial charge in [-0.2, -0.15) is 0 Å². The van der Waals surface area contributed by atoms with Gasteiger partial charge in [0.15, 0.2) is 0 Å². The molecule has 16 heavy (non-hydrogen) atoms. The molecule has 0 unspecified atom stereocenters. The highest BCUT2D eigenvalue weighted by Crippen LogP contribution is 2.32. The first-order valence-electron chi connectivity index (χ1n) is 3.91. The predicted molar refractivity (Wildman–Crippen MR) is 42.4 cm³/mol. The van der Waals surface area contributed by atoms with Gasteiger partial charge in [0.2, 0.25) is 5.88 Å². The van der Waals surface area contributed by atoms with Crippen LogP contribution in [-0.2, 0) is 0 Å². The lowest BCUT2D eigenvalue weighted by Crippen LogP contribution is -2.18. The molecule has 1 aromatic heterocycles. The van der Waals surface area contributed by atoms with Gasteiger partial charge >= 0.3 is 6.36 Å². The van der Waals surface area contributed by atoms with Gasteiger partial charge in [0, 0.05) is 6.07 Å². The predicted octanol–water partition coefficient (Wildman–Crippen LogP) is 2.93. The van der Waals surface area contributed by atoms with Crippen molar-refractivity contribution in [1.29, 1.82) is 0 Å². The second-order valence-electron chi connectivity index (χ2n) is 2.61. The summed E-state index contributed by atoms with van der Waals surface area (Å²) in [6.07, 6.45) is -7.21. The standard InChI is InChI=1S/C8H6F5NO2/c1-15-5-3-14-6(16-8(11,12)13)2-4(5)7(9)10/h2-3,7H,1H3. The van der Waals surface area contributed by atoms with Crippen LogP contribution in [0.3, 0.4) is 0 Å². The average molecular weight is 243 g/mol. The lowest BCUT2D eigenvalue weighted by Gasteiger charge is -2.11. The Morgan fingerprint density at radius 2 is 1.94 bits per heavy atom. The molecular weight excluding hydrogens is 237 g/mol. The summed E-state index contributed by atoms with van der Waals surface area (Å²) in [4.78, 5) is 3.18. The van der Waals surface area contributed by atoms with E-state index < -0.39 is 24.2 Å². The molecule has 0 aliphatic rings. The summed E-state index contributed by atoms with van der Waals surface area (Å²) in [5.74, 6) is -1.26. The second kappa shape index (κ2) is 4.50. The Labute approximate surface area is 86.8 Å². The van der Waals surface area contributed by atoms with Gasteiger partial charge in [-0.3, -0.25) is 0 Å². The van der Waals surface area contributed by atoms with Gasteiger partial charge in [-0.1, -0.05) is 0 Å². The first-order chi connectivity index (χ1) is 7.33. The maximum atomic E-state index is 12.4. The normalized spacial score (nSPS) is 11.7. The number of pyridine rings is 1. The van der Waals surface area contributed by atoms with Crippen molar-refractivity contribution in [3.8, 4) is 11.6 Å². The van der Waals surface area contributed by atoms with Crippen molar-refractivity contribution in [2.75, 3.05) is 7.11 Å². The highest BCUT2D eigenvalue weighted by molar-refractivity contribution is 5.35. The quantitative estimate of drug-likeness (QED) is 0.765. The van der Waals surface area contributed by atoms with E-state index in [1.165, 1.54) is 0 Å². The minimum atomic E-state index is -4.97. The van der Waals surface area contributed by atoms with Crippen molar-refractivity contribution in [3.05, 3.63) is 17.8 Å². The molecule has 0 fully saturated rings. The molecule has 0 aliphatic heterocycles. The summed E-state index contributed by atoms with van der Waals surface area (Å²) in [6.45, 7) is 0. The van der Waals surface area contributed by atoms with Gasteiger partial charge in [-0.05, 0) is 0 Å². The van der Waals surface area contributed by atoms with Crippen LogP contribution in [0.4, 0.5) is 22.0 Å². The van der Waals surface area contributed by atoms with Crippen LogP contribution in [0.5, 0.6) is 11.6 Å². The van der Waals surface area contributed by atoms with E-state index in [9.17, 15) is 22.0 Å². The smallest absolute Gasteiger partial charge is 0.495 e. The molecule has 1 heterocycles. The van der Waals surface area contributed by atoms with E-state index in [4.69, 9.17) is 0 Å². The largest absolute Gasteiger partial charge is 0.574 e. The molecule has 1 rings (SSSR count). The van der Waals surface area contributed by atoms with E-state index in [2.05, 4.69) is 14.5 Å². The summed E-state index contributed by atoms with van der Waals surface area (Å²) >= 11 is 0. The fourth-order valence-electron chi connectivity index (χ4n) is 0.954. The highest BCUT2D eigenvalue weighted by atomic mass is 19.4. The molecule has 0 bridgehead atoms. The van der Waals surface area contributed by atoms with Gasteiger partial charge in [-0.15, -0.1) is 13.2 Å². The third-order valence-corrected chi connectivity index (χ3v) is 1.55. The van der Waals surface area contributed by atoms with E-state index in [0.717, 1.165) is 13.3 Å². The zero-order chi connectivity index (χ0) is 12.3. The molecule has 0 spiro atoms. The van der Waals surface area contributed by atoms with E-state index in [0.29, 0.717) is 6.07 Å². The van der Waals surface area contributed by atoms with Crippen LogP contribution < -0.4 is 9.47 Å². The molecule has 0 atom stereocenters. The van der Waals surface area contributed by atoms with Gasteiger partial charge < -0.3 is 9.47 Å². The van der Waals surface area contributed by atoms with E-state index >= 15 is 0 Å². The Balaban J connectivity index is 3.02. The lowest BCUT2D eigenvalue weighted by molar-refractivity contribution is -0.276. The topological polar surface area (TPSA) is 31.4 Å². The zero-order valence-electron chi connectivity index (χ0n) is 7.89. The van der Waals surface area contributed by atoms with Gasteiger partial charge in [0.05, 0.1) is 18.9 Å². The molecule has 0 saturated carbocycles. The summed E-state index contributed by atoms with van der Waals surface area (Å²) in [7, 11) is 1.10. The van der Waals surface area contributed by atoms with Crippen molar-refractivity contribution in [3.63, 3.8) is 0 Å². The van der Waals surface area contributed by atoms with Gasteiger partial charge in [0.25, 0.3) is 6.43 Å². The number of aromatic nitrogens is 1. The minimum Gasteiger partial charge on any atom is -0.495 e. The van der Waals surface area contributed by atoms with Gasteiger partial charge in [-0.25, -0.2) is 13.8 Å². The Morgan fingerprint density at radius 3 is 2.38 bits per heavy atom. The number of methoxy groups -OCH3 is 1. The summed E-state index contributed by atoms with van der Waals surface area (Å²) in [5.41, 5.74) is -0.711. The molecule has 90 valence electrons. The van der Waals surface area contributed by atoms with Gasteiger partial charge in [0.1, 0.15) is 5.75 Å². The van der Waals surface area contributed by atoms with Crippen LogP contribution >= 0.6 is 0 Å². The Morgan fingerprint density at radius 1 is 1.31 bits per heavy atom. The summed E-state index contributed by atoms with van der Waals surface area (Å²) in [5, 5.41) is 0. The first-order valence-corrected chi connectivity index (χ1v) is 3.91. The molecule has 0 saturated heterocycles. The first kappa shape index (κ1) is 12.5. The van der Waals surface area contributed by atoms with Crippen LogP contribution in [0.25, 0.3) is 0 Å². The Kier molecular flexibility index (Phi) is 3.51. The second-order valence-corrected chi connectivity index (χ2v) is 2.61. The number of rotatable bonds is 3. The van der Waals surface area contributed by atoms with Crippen molar-refractivity contribution in [1.82, 2.24) is 4.98 Å². The summed E-state index contributed by atoms with van der Waals surface area (Å²) in [6, 6.07) is 0.483. The molecule has 0 aromatic carbocycles. The molecule has 8 heteroatoms. The monoisotopic (exact) mass is 243 g/mol. The molecule has 3 nitrogen and oxygen atoms in total. The molecule has 1 aromatic rings. The fraction of sp³-hybridized carbons (Fsp3) is 0.375. The van der Waals surface area contributed by atoms with Crippen LogP contribution in [0, 0.1) is 0 Å². The minimum absolute atomic E-state index is 0.301. The van der Waals surface area contributed by atoms with E-state index in [1.807, 2.05) is 0 Å². The lowest BCUT2D eigenvalue weighted by atomic mass is 10.2. The average Bonchev–Trinajstić information content (AvgIpc) is 2.15. The number of nitrogens with zero attached hydrogens (tertiary/aromatic N) is 1. The SMILES string of the molecule is COc1cnc(OC(F)(F)F)cc1C(F)F. The van der Waals surface area contributed by atoms with Crippen molar-refractivity contribution < 1.29 is 31.4 Å². The highest BCUT2D eigenvalue weighted by Gasteiger charge is 2.32. The fourth-order valence-corrected chi connectivity index (χ4v) is 0.954. The van der Waals surface area contributed by atoms with E-state index in [-0.39, 0.29) is 5.75 Å². The summed E-state index contributed by atoms with van der Waals surface area (Å²) < 4.78 is 68.0. The van der Waals surface area contributed by atoms with Crippen molar-refractivity contribution in [2.24, 2.45) is 0 Å². The van der Waals surface area contributed by atoms with Crippen molar-refractivity contribution in [2.45, 2.75) is 12.8 Å². The number of ether oxygens (including phenoxy) is 2. The van der Waals surface area contributed by atoms with Crippen LogP contribution in [-0.4, -0.2) is 18.5 Å². The third kappa shape index (κ3) is 3.21. The molecular formula is C8H6F5NO2. The third-order valence-electron chi connectivity index (χ3n) is 1.55. The van der Waals surface area contributed by atoms with Crippen LogP contribution in [0.1, 0.15) is 12.0 Å². The molecule has 0 aliphatic carbocycles. The molecule has 0 N–H and O–H groups in total. The number of halogens is 5. The van der Waals surface area contributed by atoms with Crippen LogP contribution in [0.15, 0.2) is 12.3 Å². The van der Waals surface area contributed by atoms with Crippen molar-refractivity contribution >= 4 is 0 Å². The Hall–Kier alpha value is -1.60. The number of hydrogen-bond acceptors (Lipinski definition) is 3. The molecule has 0 radical (unpaired) electrons. The Bertz CT molecular complexity index is 366. The number of alkyl halides is 5. The number of hydrogen-bond donors (Lipinski definition) is 0. The molecule has 0 amide bonds. The van der Waals surface area contributed by atoms with Crippen LogP contribution in [0.2, 0.25) is 0 Å². The van der Waals surface area contributed by atoms with E-state index in [1.54, 1.807) is 0 Å². The maximum Gasteiger partial charge on any atom is 0.574 e. The maximum absolute atomic E-state index is 12.4.